The number of urea groups is 1. The molecule has 0 aromatic heterocycles. The molecule has 0 radical (unpaired) electrons. The number of nitrogens with zero attached hydrogens (tertiary/aromatic N) is 3. The maximum absolute atomic E-state index is 13.9. The molecule has 0 aliphatic carbocycles. The second-order valence-corrected chi connectivity index (χ2v) is 10.4. The highest BCUT2D eigenvalue weighted by Crippen LogP contribution is 2.47. The zero-order chi connectivity index (χ0) is 23.7. The third-order valence-electron chi connectivity index (χ3n) is 7.29. The third-order valence-corrected chi connectivity index (χ3v) is 7.29. The first-order valence-corrected chi connectivity index (χ1v) is 12.4. The van der Waals surface area contributed by atoms with Gasteiger partial charge < -0.3 is 4.90 Å². The van der Waals surface area contributed by atoms with E-state index in [1.165, 1.54) is 16.7 Å². The highest BCUT2D eigenvalue weighted by Gasteiger charge is 2.59. The molecule has 2 heterocycles. The Morgan fingerprint density at radius 3 is 2.18 bits per heavy atom. The van der Waals surface area contributed by atoms with E-state index in [0.717, 1.165) is 38.4 Å². The van der Waals surface area contributed by atoms with Gasteiger partial charge in [0.15, 0.2) is 0 Å². The summed E-state index contributed by atoms with van der Waals surface area (Å²) in [5, 5.41) is 0. The predicted molar refractivity (Wildman–Crippen MR) is 139 cm³/mol. The van der Waals surface area contributed by atoms with E-state index in [9.17, 15) is 4.79 Å². The van der Waals surface area contributed by atoms with Crippen LogP contribution in [-0.4, -0.2) is 47.5 Å². The van der Waals surface area contributed by atoms with E-state index in [2.05, 4.69) is 102 Å². The molecular formula is C30H35N3O. The SMILES string of the molecule is Cc1ccc(CN2C[C@H](c3ccccc3)[C@]3(C2)CN(CC(C)C)C(=O)N3c2ccccc2)cc1. The second kappa shape index (κ2) is 9.27. The van der Waals surface area contributed by atoms with Crippen LogP contribution >= 0.6 is 0 Å². The number of carbonyl (C=O) groups excluding carboxylic acids is 1. The molecule has 2 aliphatic rings. The number of para-hydroxylation sites is 1. The van der Waals surface area contributed by atoms with E-state index in [1.54, 1.807) is 0 Å². The third kappa shape index (κ3) is 4.23. The highest BCUT2D eigenvalue weighted by molar-refractivity contribution is 5.97. The second-order valence-electron chi connectivity index (χ2n) is 10.4. The molecule has 4 nitrogen and oxygen atoms in total. The summed E-state index contributed by atoms with van der Waals surface area (Å²) in [5.74, 6) is 0.664. The lowest BCUT2D eigenvalue weighted by atomic mass is 9.81. The lowest BCUT2D eigenvalue weighted by Gasteiger charge is -2.38. The molecule has 3 aromatic rings. The number of likely N-dealkylation sites (tertiary alicyclic amines) is 1. The molecule has 176 valence electrons. The van der Waals surface area contributed by atoms with Crippen molar-refractivity contribution in [2.24, 2.45) is 5.92 Å². The summed E-state index contributed by atoms with van der Waals surface area (Å²) in [6.07, 6.45) is 0. The van der Waals surface area contributed by atoms with E-state index >= 15 is 0 Å². The zero-order valence-electron chi connectivity index (χ0n) is 20.5. The average molecular weight is 454 g/mol. The fourth-order valence-electron chi connectivity index (χ4n) is 5.88. The van der Waals surface area contributed by atoms with Crippen molar-refractivity contribution in [2.75, 3.05) is 31.1 Å². The summed E-state index contributed by atoms with van der Waals surface area (Å²) in [6.45, 7) is 10.7. The van der Waals surface area contributed by atoms with Gasteiger partial charge in [-0.1, -0.05) is 92.2 Å². The van der Waals surface area contributed by atoms with Crippen molar-refractivity contribution < 1.29 is 4.79 Å². The molecule has 5 rings (SSSR count). The number of hydrogen-bond acceptors (Lipinski definition) is 2. The standard InChI is InChI=1S/C30H35N3O/c1-23(2)18-32-22-30(33(29(32)34)27-12-8-5-9-13-27)21-31(19-25-16-14-24(3)15-17-25)20-28(30)26-10-6-4-7-11-26/h4-17,23,28H,18-22H2,1-3H3/t28-,30+/m1/s1. The molecule has 0 unspecified atom stereocenters. The smallest absolute Gasteiger partial charge is 0.322 e. The van der Waals surface area contributed by atoms with Crippen molar-refractivity contribution in [3.63, 3.8) is 0 Å². The first-order chi connectivity index (χ1) is 16.5. The van der Waals surface area contributed by atoms with Gasteiger partial charge in [-0.05, 0) is 36.1 Å². The Morgan fingerprint density at radius 1 is 0.882 bits per heavy atom. The van der Waals surface area contributed by atoms with E-state index in [0.29, 0.717) is 5.92 Å². The van der Waals surface area contributed by atoms with Gasteiger partial charge in [-0.2, -0.15) is 0 Å². The molecule has 2 amide bonds. The number of rotatable bonds is 6. The van der Waals surface area contributed by atoms with Crippen molar-refractivity contribution in [1.29, 1.82) is 0 Å². The van der Waals surface area contributed by atoms with Gasteiger partial charge in [-0.15, -0.1) is 0 Å². The monoisotopic (exact) mass is 453 g/mol. The minimum Gasteiger partial charge on any atom is -0.322 e. The predicted octanol–water partition coefficient (Wildman–Crippen LogP) is 5.93. The highest BCUT2D eigenvalue weighted by atomic mass is 16.2. The van der Waals surface area contributed by atoms with Crippen LogP contribution in [-0.2, 0) is 6.54 Å². The summed E-state index contributed by atoms with van der Waals surface area (Å²) < 4.78 is 0. The van der Waals surface area contributed by atoms with Crippen LogP contribution in [0.2, 0.25) is 0 Å². The van der Waals surface area contributed by atoms with Crippen LogP contribution in [0.4, 0.5) is 10.5 Å². The number of anilines is 1. The lowest BCUT2D eigenvalue weighted by Crippen LogP contribution is -2.53. The van der Waals surface area contributed by atoms with E-state index in [1.807, 2.05) is 18.2 Å². The maximum atomic E-state index is 13.9. The molecular weight excluding hydrogens is 418 g/mol. The zero-order valence-corrected chi connectivity index (χ0v) is 20.5. The molecule has 2 saturated heterocycles. The number of carbonyl (C=O) groups is 1. The van der Waals surface area contributed by atoms with E-state index in [-0.39, 0.29) is 17.5 Å². The molecule has 2 aliphatic heterocycles. The Bertz CT molecular complexity index is 1110. The van der Waals surface area contributed by atoms with Gasteiger partial charge in [0.2, 0.25) is 0 Å². The van der Waals surface area contributed by atoms with Gasteiger partial charge in [0.1, 0.15) is 0 Å². The number of hydrogen-bond donors (Lipinski definition) is 0. The quantitative estimate of drug-likeness (QED) is 0.462. The Balaban J connectivity index is 1.57. The topological polar surface area (TPSA) is 26.8 Å². The van der Waals surface area contributed by atoms with Crippen LogP contribution in [0.3, 0.4) is 0 Å². The summed E-state index contributed by atoms with van der Waals surface area (Å²) >= 11 is 0. The van der Waals surface area contributed by atoms with Crippen LogP contribution in [0.5, 0.6) is 0 Å². The summed E-state index contributed by atoms with van der Waals surface area (Å²) in [4.78, 5) is 20.7. The maximum Gasteiger partial charge on any atom is 0.325 e. The molecule has 0 N–H and O–H groups in total. The number of aryl methyl sites for hydroxylation is 1. The molecule has 1 spiro atoms. The molecule has 2 atom stereocenters. The van der Waals surface area contributed by atoms with Crippen molar-refractivity contribution >= 4 is 11.7 Å². The Morgan fingerprint density at radius 2 is 1.53 bits per heavy atom. The molecule has 0 saturated carbocycles. The number of amides is 2. The van der Waals surface area contributed by atoms with Gasteiger partial charge in [0, 0.05) is 44.3 Å². The molecule has 0 bridgehead atoms. The minimum absolute atomic E-state index is 0.137. The van der Waals surface area contributed by atoms with Crippen LogP contribution in [0.1, 0.15) is 36.5 Å². The Hall–Kier alpha value is -3.11. The van der Waals surface area contributed by atoms with Crippen LogP contribution in [0, 0.1) is 12.8 Å². The fourth-order valence-corrected chi connectivity index (χ4v) is 5.88. The van der Waals surface area contributed by atoms with Crippen LogP contribution < -0.4 is 4.90 Å². The van der Waals surface area contributed by atoms with Crippen LogP contribution in [0.15, 0.2) is 84.9 Å². The molecule has 4 heteroatoms. The van der Waals surface area contributed by atoms with Gasteiger partial charge in [-0.25, -0.2) is 4.79 Å². The largest absolute Gasteiger partial charge is 0.325 e. The fraction of sp³-hybridized carbons (Fsp3) is 0.367. The Labute approximate surface area is 203 Å². The molecule has 3 aromatic carbocycles. The summed E-state index contributed by atoms with van der Waals surface area (Å²) in [6, 6.07) is 30.1. The van der Waals surface area contributed by atoms with E-state index < -0.39 is 0 Å². The molecule has 2 fully saturated rings. The van der Waals surface area contributed by atoms with Gasteiger partial charge in [0.25, 0.3) is 0 Å². The van der Waals surface area contributed by atoms with E-state index in [4.69, 9.17) is 0 Å². The summed E-state index contributed by atoms with van der Waals surface area (Å²) in [7, 11) is 0. The van der Waals surface area contributed by atoms with Crippen molar-refractivity contribution in [3.8, 4) is 0 Å². The molecule has 34 heavy (non-hydrogen) atoms. The average Bonchev–Trinajstić information content (AvgIpc) is 3.32. The first-order valence-electron chi connectivity index (χ1n) is 12.4. The number of benzene rings is 3. The van der Waals surface area contributed by atoms with Crippen molar-refractivity contribution in [1.82, 2.24) is 9.80 Å². The Kier molecular flexibility index (Phi) is 6.18. The van der Waals surface area contributed by atoms with Crippen molar-refractivity contribution in [2.45, 2.75) is 38.8 Å². The summed E-state index contributed by atoms with van der Waals surface area (Å²) in [5.41, 5.74) is 4.61. The normalized spacial score (nSPS) is 22.9. The van der Waals surface area contributed by atoms with Crippen molar-refractivity contribution in [3.05, 3.63) is 102 Å². The lowest BCUT2D eigenvalue weighted by molar-refractivity contribution is 0.212. The minimum atomic E-state index is -0.306. The van der Waals surface area contributed by atoms with Gasteiger partial charge in [0.05, 0.1) is 5.54 Å². The van der Waals surface area contributed by atoms with Gasteiger partial charge in [-0.3, -0.25) is 9.80 Å². The van der Waals surface area contributed by atoms with Gasteiger partial charge >= 0.3 is 6.03 Å². The first kappa shape index (κ1) is 22.7. The van der Waals surface area contributed by atoms with Crippen LogP contribution in [0.25, 0.3) is 0 Å².